The Bertz CT molecular complexity index is 184. The normalized spacial score (nSPS) is 26.9. The number of amides is 1. The first-order valence-corrected chi connectivity index (χ1v) is 6.63. The van der Waals surface area contributed by atoms with Crippen molar-refractivity contribution >= 4 is 30.1 Å². The number of carbonyl (C=O) groups excluding carboxylic acids is 1. The molecule has 2 saturated heterocycles. The van der Waals surface area contributed by atoms with Crippen LogP contribution in [0.1, 0.15) is 19.3 Å². The van der Waals surface area contributed by atoms with Crippen molar-refractivity contribution in [3.05, 3.63) is 0 Å². The summed E-state index contributed by atoms with van der Waals surface area (Å²) in [6.07, 6.45) is 3.45. The molecule has 2 heterocycles. The highest BCUT2D eigenvalue weighted by atomic mass is 35.5. The van der Waals surface area contributed by atoms with Crippen molar-refractivity contribution in [2.24, 2.45) is 0 Å². The summed E-state index contributed by atoms with van der Waals surface area (Å²) in [7, 11) is 0. The number of hydrogen-bond acceptors (Lipinski definition) is 3. The molecule has 1 atom stereocenters. The summed E-state index contributed by atoms with van der Waals surface area (Å²) in [4.78, 5) is 14.0. The van der Waals surface area contributed by atoms with Crippen LogP contribution in [0, 0.1) is 0 Å². The van der Waals surface area contributed by atoms with E-state index in [9.17, 15) is 4.79 Å². The molecule has 0 bridgehead atoms. The molecule has 2 rings (SSSR count). The minimum absolute atomic E-state index is 0. The molecular weight excluding hydrogens is 232 g/mol. The van der Waals surface area contributed by atoms with Gasteiger partial charge in [0.05, 0.1) is 6.04 Å². The fraction of sp³-hybridized carbons (Fsp3) is 0.900. The van der Waals surface area contributed by atoms with E-state index in [0.29, 0.717) is 5.91 Å². The van der Waals surface area contributed by atoms with Crippen molar-refractivity contribution in [1.82, 2.24) is 10.2 Å². The summed E-state index contributed by atoms with van der Waals surface area (Å²) in [6, 6.07) is 0.117. The Hall–Kier alpha value is 0.0700. The lowest BCUT2D eigenvalue weighted by Gasteiger charge is -2.32. The van der Waals surface area contributed by atoms with Gasteiger partial charge in [0.1, 0.15) is 0 Å². The quantitative estimate of drug-likeness (QED) is 0.757. The molecule has 1 unspecified atom stereocenters. The average Bonchev–Trinajstić information content (AvgIpc) is 2.30. The van der Waals surface area contributed by atoms with Gasteiger partial charge in [-0.15, -0.1) is 12.4 Å². The molecule has 2 aliphatic heterocycles. The number of nitrogens with zero attached hydrogens (tertiary/aromatic N) is 1. The summed E-state index contributed by atoms with van der Waals surface area (Å²) in [6.45, 7) is 2.91. The predicted molar refractivity (Wildman–Crippen MR) is 66.8 cm³/mol. The van der Waals surface area contributed by atoms with Crippen molar-refractivity contribution < 1.29 is 4.79 Å². The summed E-state index contributed by atoms with van der Waals surface area (Å²) in [5, 5.41) is 3.32. The van der Waals surface area contributed by atoms with Crippen LogP contribution in [-0.4, -0.2) is 48.0 Å². The van der Waals surface area contributed by atoms with Gasteiger partial charge in [-0.1, -0.05) is 6.42 Å². The number of hydrogen-bond donors (Lipinski definition) is 1. The number of carbonyl (C=O) groups is 1. The zero-order valence-corrected chi connectivity index (χ0v) is 10.5. The molecule has 0 aromatic carbocycles. The van der Waals surface area contributed by atoms with Gasteiger partial charge in [0, 0.05) is 24.6 Å². The van der Waals surface area contributed by atoms with E-state index >= 15 is 0 Å². The topological polar surface area (TPSA) is 32.3 Å². The Morgan fingerprint density at radius 2 is 2.00 bits per heavy atom. The minimum atomic E-state index is 0. The number of rotatable bonds is 1. The SMILES string of the molecule is Cl.O=C(C1CCCCN1)N1CCSCC1. The highest BCUT2D eigenvalue weighted by Crippen LogP contribution is 2.14. The highest BCUT2D eigenvalue weighted by Gasteiger charge is 2.26. The van der Waals surface area contributed by atoms with Crippen LogP contribution in [-0.2, 0) is 4.79 Å². The molecule has 2 fully saturated rings. The monoisotopic (exact) mass is 250 g/mol. The zero-order valence-electron chi connectivity index (χ0n) is 8.91. The van der Waals surface area contributed by atoms with E-state index in [-0.39, 0.29) is 18.4 Å². The van der Waals surface area contributed by atoms with E-state index < -0.39 is 0 Å². The Balaban J connectivity index is 0.00000112. The first-order valence-electron chi connectivity index (χ1n) is 5.48. The fourth-order valence-electron chi connectivity index (χ4n) is 2.07. The summed E-state index contributed by atoms with van der Waals surface area (Å²) >= 11 is 1.95. The van der Waals surface area contributed by atoms with E-state index in [1.807, 2.05) is 16.7 Å². The standard InChI is InChI=1S/C10H18N2OS.ClH/c13-10(9-3-1-2-4-11-9)12-5-7-14-8-6-12;/h9,11H,1-8H2;1H. The molecule has 0 aromatic heterocycles. The maximum atomic E-state index is 12.0. The lowest BCUT2D eigenvalue weighted by molar-refractivity contribution is -0.133. The Morgan fingerprint density at radius 1 is 1.27 bits per heavy atom. The lowest BCUT2D eigenvalue weighted by Crippen LogP contribution is -2.50. The second kappa shape index (κ2) is 6.61. The molecular formula is C10H19ClN2OS. The molecule has 1 N–H and O–H groups in total. The molecule has 0 saturated carbocycles. The van der Waals surface area contributed by atoms with E-state index in [2.05, 4.69) is 5.32 Å². The van der Waals surface area contributed by atoms with Crippen molar-refractivity contribution in [3.63, 3.8) is 0 Å². The molecule has 1 amide bonds. The fourth-order valence-corrected chi connectivity index (χ4v) is 2.97. The number of halogens is 1. The van der Waals surface area contributed by atoms with Gasteiger partial charge in [-0.3, -0.25) is 4.79 Å². The third-order valence-electron chi connectivity index (χ3n) is 2.93. The summed E-state index contributed by atoms with van der Waals surface area (Å²) in [5.74, 6) is 2.56. The predicted octanol–water partition coefficient (Wildman–Crippen LogP) is 1.13. The van der Waals surface area contributed by atoms with Crippen LogP contribution in [0.15, 0.2) is 0 Å². The number of nitrogens with one attached hydrogen (secondary N) is 1. The summed E-state index contributed by atoms with van der Waals surface area (Å²) in [5.41, 5.74) is 0. The average molecular weight is 251 g/mol. The largest absolute Gasteiger partial charge is 0.340 e. The van der Waals surface area contributed by atoms with Crippen LogP contribution in [0.3, 0.4) is 0 Å². The van der Waals surface area contributed by atoms with Crippen LogP contribution in [0.4, 0.5) is 0 Å². The minimum Gasteiger partial charge on any atom is -0.340 e. The smallest absolute Gasteiger partial charge is 0.239 e. The zero-order chi connectivity index (χ0) is 9.80. The van der Waals surface area contributed by atoms with Gasteiger partial charge in [0.15, 0.2) is 0 Å². The molecule has 0 aliphatic carbocycles. The Kier molecular flexibility index (Phi) is 5.79. The first kappa shape index (κ1) is 13.1. The molecule has 0 aromatic rings. The van der Waals surface area contributed by atoms with Crippen molar-refractivity contribution in [3.8, 4) is 0 Å². The van der Waals surface area contributed by atoms with Gasteiger partial charge in [-0.2, -0.15) is 11.8 Å². The van der Waals surface area contributed by atoms with Crippen molar-refractivity contribution in [1.29, 1.82) is 0 Å². The lowest BCUT2D eigenvalue weighted by atomic mass is 10.0. The first-order chi connectivity index (χ1) is 6.88. The van der Waals surface area contributed by atoms with E-state index in [0.717, 1.165) is 37.6 Å². The van der Waals surface area contributed by atoms with Crippen LogP contribution in [0.2, 0.25) is 0 Å². The van der Waals surface area contributed by atoms with Crippen LogP contribution in [0.25, 0.3) is 0 Å². The maximum Gasteiger partial charge on any atom is 0.239 e. The van der Waals surface area contributed by atoms with Gasteiger partial charge >= 0.3 is 0 Å². The van der Waals surface area contributed by atoms with Gasteiger partial charge in [0.2, 0.25) is 5.91 Å². The second-order valence-corrected chi connectivity index (χ2v) is 5.16. The molecule has 88 valence electrons. The molecule has 0 spiro atoms. The molecule has 3 nitrogen and oxygen atoms in total. The number of piperidine rings is 1. The molecule has 5 heteroatoms. The van der Waals surface area contributed by atoms with Crippen LogP contribution >= 0.6 is 24.2 Å². The highest BCUT2D eigenvalue weighted by molar-refractivity contribution is 7.99. The third-order valence-corrected chi connectivity index (χ3v) is 3.87. The van der Waals surface area contributed by atoms with E-state index in [1.54, 1.807) is 0 Å². The van der Waals surface area contributed by atoms with Crippen LogP contribution < -0.4 is 5.32 Å². The van der Waals surface area contributed by atoms with Gasteiger partial charge in [-0.25, -0.2) is 0 Å². The summed E-state index contributed by atoms with van der Waals surface area (Å²) < 4.78 is 0. The van der Waals surface area contributed by atoms with Crippen molar-refractivity contribution in [2.45, 2.75) is 25.3 Å². The number of thioether (sulfide) groups is 1. The maximum absolute atomic E-state index is 12.0. The van der Waals surface area contributed by atoms with Gasteiger partial charge in [0.25, 0.3) is 0 Å². The molecule has 15 heavy (non-hydrogen) atoms. The third kappa shape index (κ3) is 3.54. The Labute approximate surface area is 102 Å². The molecule has 2 aliphatic rings. The second-order valence-electron chi connectivity index (χ2n) is 3.94. The van der Waals surface area contributed by atoms with E-state index in [4.69, 9.17) is 0 Å². The van der Waals surface area contributed by atoms with Gasteiger partial charge in [-0.05, 0) is 19.4 Å². The van der Waals surface area contributed by atoms with Gasteiger partial charge < -0.3 is 10.2 Å². The van der Waals surface area contributed by atoms with E-state index in [1.165, 1.54) is 12.8 Å². The Morgan fingerprint density at radius 3 is 2.60 bits per heavy atom. The van der Waals surface area contributed by atoms with Crippen LogP contribution in [0.5, 0.6) is 0 Å². The molecule has 0 radical (unpaired) electrons. The van der Waals surface area contributed by atoms with Crippen molar-refractivity contribution in [2.75, 3.05) is 31.1 Å².